The van der Waals surface area contributed by atoms with E-state index in [9.17, 15) is 19.1 Å². The molecule has 1 saturated heterocycles. The predicted molar refractivity (Wildman–Crippen MR) is 128 cm³/mol. The molecule has 1 heterocycles. The van der Waals surface area contributed by atoms with Crippen molar-refractivity contribution >= 4 is 11.9 Å². The van der Waals surface area contributed by atoms with Gasteiger partial charge in [-0.05, 0) is 29.3 Å². The molecule has 0 aliphatic carbocycles. The van der Waals surface area contributed by atoms with Crippen LogP contribution in [-0.2, 0) is 9.59 Å². The van der Waals surface area contributed by atoms with Crippen molar-refractivity contribution < 1.29 is 19.1 Å². The number of amides is 1. The number of nitrogens with zero attached hydrogens (tertiary/aromatic N) is 2. The van der Waals surface area contributed by atoms with Crippen molar-refractivity contribution in [3.05, 3.63) is 107 Å². The third-order valence-electron chi connectivity index (χ3n) is 5.91. The number of rotatable bonds is 5. The van der Waals surface area contributed by atoms with Crippen molar-refractivity contribution in [3.8, 4) is 11.8 Å². The molecule has 0 saturated carbocycles. The second-order valence-corrected chi connectivity index (χ2v) is 8.19. The van der Waals surface area contributed by atoms with E-state index >= 15 is 0 Å². The standard InChI is InChI=1S/C28H25FN2O3/c29-24-15-7-9-21(19-24)10-8-16-30-17-18-31(25(20-30)28(33)34)27(32)26(22-11-3-1-4-12-22)23-13-5-2-6-14-23/h1-7,9,11-15,19,25-26H,16-18,20H2,(H,33,34)/t25-/m0/s1. The van der Waals surface area contributed by atoms with Crippen LogP contribution in [0.2, 0.25) is 0 Å². The summed E-state index contributed by atoms with van der Waals surface area (Å²) < 4.78 is 13.3. The number of hydrogen-bond acceptors (Lipinski definition) is 3. The average Bonchev–Trinajstić information content (AvgIpc) is 2.85. The van der Waals surface area contributed by atoms with Gasteiger partial charge in [-0.25, -0.2) is 9.18 Å². The van der Waals surface area contributed by atoms with Gasteiger partial charge in [-0.3, -0.25) is 9.69 Å². The Morgan fingerprint density at radius 1 is 0.941 bits per heavy atom. The number of carboxylic acids is 1. The maximum Gasteiger partial charge on any atom is 0.327 e. The number of halogens is 1. The number of piperazine rings is 1. The van der Waals surface area contributed by atoms with Gasteiger partial charge in [0.25, 0.3) is 0 Å². The monoisotopic (exact) mass is 456 g/mol. The smallest absolute Gasteiger partial charge is 0.327 e. The lowest BCUT2D eigenvalue weighted by molar-refractivity contribution is -0.153. The van der Waals surface area contributed by atoms with Crippen LogP contribution in [0, 0.1) is 17.7 Å². The molecule has 5 nitrogen and oxygen atoms in total. The van der Waals surface area contributed by atoms with E-state index in [4.69, 9.17) is 0 Å². The van der Waals surface area contributed by atoms with Gasteiger partial charge in [0.2, 0.25) is 5.91 Å². The van der Waals surface area contributed by atoms with Crippen LogP contribution in [-0.4, -0.2) is 59.0 Å². The molecular weight excluding hydrogens is 431 g/mol. The highest BCUT2D eigenvalue weighted by Gasteiger charge is 2.38. The number of benzene rings is 3. The summed E-state index contributed by atoms with van der Waals surface area (Å²) in [4.78, 5) is 29.3. The molecule has 0 radical (unpaired) electrons. The van der Waals surface area contributed by atoms with Crippen LogP contribution in [0.5, 0.6) is 0 Å². The zero-order valence-corrected chi connectivity index (χ0v) is 18.6. The molecule has 3 aromatic rings. The Morgan fingerprint density at radius 3 is 2.18 bits per heavy atom. The molecule has 1 atom stereocenters. The molecule has 1 amide bonds. The van der Waals surface area contributed by atoms with Crippen LogP contribution in [0.4, 0.5) is 4.39 Å². The summed E-state index contributed by atoms with van der Waals surface area (Å²) in [5.41, 5.74) is 2.22. The molecule has 34 heavy (non-hydrogen) atoms. The third-order valence-corrected chi connectivity index (χ3v) is 5.91. The second-order valence-electron chi connectivity index (χ2n) is 8.19. The first kappa shape index (κ1) is 23.2. The summed E-state index contributed by atoms with van der Waals surface area (Å²) in [5, 5.41) is 9.93. The molecule has 3 aromatic carbocycles. The van der Waals surface area contributed by atoms with Crippen molar-refractivity contribution in [2.24, 2.45) is 0 Å². The van der Waals surface area contributed by atoms with Crippen LogP contribution < -0.4 is 0 Å². The van der Waals surface area contributed by atoms with Gasteiger partial charge in [-0.2, -0.15) is 0 Å². The third kappa shape index (κ3) is 5.51. The number of aliphatic carboxylic acids is 1. The number of hydrogen-bond donors (Lipinski definition) is 1. The SMILES string of the molecule is O=C(O)[C@@H]1CN(CC#Cc2cccc(F)c2)CCN1C(=O)C(c1ccccc1)c1ccccc1. The van der Waals surface area contributed by atoms with Crippen molar-refractivity contribution in [2.45, 2.75) is 12.0 Å². The van der Waals surface area contributed by atoms with E-state index in [1.807, 2.05) is 65.6 Å². The van der Waals surface area contributed by atoms with Gasteiger partial charge in [0.1, 0.15) is 11.9 Å². The summed E-state index contributed by atoms with van der Waals surface area (Å²) in [7, 11) is 0. The Morgan fingerprint density at radius 2 is 1.59 bits per heavy atom. The summed E-state index contributed by atoms with van der Waals surface area (Å²) in [5.74, 6) is 3.70. The molecule has 4 rings (SSSR count). The highest BCUT2D eigenvalue weighted by Crippen LogP contribution is 2.28. The number of carbonyl (C=O) groups is 2. The van der Waals surface area contributed by atoms with Crippen LogP contribution in [0.3, 0.4) is 0 Å². The van der Waals surface area contributed by atoms with Crippen LogP contribution in [0.1, 0.15) is 22.6 Å². The van der Waals surface area contributed by atoms with E-state index in [1.165, 1.54) is 17.0 Å². The molecule has 0 unspecified atom stereocenters. The van der Waals surface area contributed by atoms with Gasteiger partial charge < -0.3 is 10.0 Å². The minimum atomic E-state index is -1.05. The molecule has 1 aliphatic rings. The Bertz CT molecular complexity index is 1160. The highest BCUT2D eigenvalue weighted by atomic mass is 19.1. The molecule has 0 bridgehead atoms. The summed E-state index contributed by atoms with van der Waals surface area (Å²) >= 11 is 0. The first-order valence-corrected chi connectivity index (χ1v) is 11.1. The average molecular weight is 457 g/mol. The lowest BCUT2D eigenvalue weighted by Crippen LogP contribution is -2.59. The molecule has 1 N–H and O–H groups in total. The van der Waals surface area contributed by atoms with Crippen molar-refractivity contribution in [3.63, 3.8) is 0 Å². The Kier molecular flexibility index (Phi) is 7.36. The molecular formula is C28H25FN2O3. The van der Waals surface area contributed by atoms with Crippen LogP contribution in [0.25, 0.3) is 0 Å². The van der Waals surface area contributed by atoms with Gasteiger partial charge in [-0.1, -0.05) is 78.6 Å². The molecule has 172 valence electrons. The largest absolute Gasteiger partial charge is 0.480 e. The van der Waals surface area contributed by atoms with Gasteiger partial charge in [0.15, 0.2) is 0 Å². The van der Waals surface area contributed by atoms with E-state index in [2.05, 4.69) is 11.8 Å². The van der Waals surface area contributed by atoms with Crippen LogP contribution in [0.15, 0.2) is 84.9 Å². The topological polar surface area (TPSA) is 60.9 Å². The minimum Gasteiger partial charge on any atom is -0.480 e. The molecule has 1 aliphatic heterocycles. The first-order valence-electron chi connectivity index (χ1n) is 11.1. The lowest BCUT2D eigenvalue weighted by atomic mass is 9.89. The van der Waals surface area contributed by atoms with Crippen LogP contribution >= 0.6 is 0 Å². The molecule has 1 fully saturated rings. The number of carbonyl (C=O) groups excluding carboxylic acids is 1. The van der Waals surface area contributed by atoms with Crippen molar-refractivity contribution in [1.29, 1.82) is 0 Å². The zero-order chi connectivity index (χ0) is 23.9. The quantitative estimate of drug-likeness (QED) is 0.596. The van der Waals surface area contributed by atoms with Gasteiger partial charge in [-0.15, -0.1) is 0 Å². The molecule has 0 spiro atoms. The maximum absolute atomic E-state index is 13.7. The Hall–Kier alpha value is -3.95. The number of carboxylic acid groups (broad SMARTS) is 1. The van der Waals surface area contributed by atoms with E-state index in [0.717, 1.165) is 11.1 Å². The first-order chi connectivity index (χ1) is 16.5. The van der Waals surface area contributed by atoms with Crippen molar-refractivity contribution in [1.82, 2.24) is 9.80 Å². The Labute approximate surface area is 198 Å². The fourth-order valence-corrected chi connectivity index (χ4v) is 4.21. The van der Waals surface area contributed by atoms with E-state index in [1.54, 1.807) is 12.1 Å². The predicted octanol–water partition coefficient (Wildman–Crippen LogP) is 3.61. The fourth-order valence-electron chi connectivity index (χ4n) is 4.21. The van der Waals surface area contributed by atoms with Gasteiger partial charge in [0, 0.05) is 25.2 Å². The Balaban J connectivity index is 1.52. The fraction of sp³-hybridized carbons (Fsp3) is 0.214. The van der Waals surface area contributed by atoms with Gasteiger partial charge >= 0.3 is 5.97 Å². The summed E-state index contributed by atoms with van der Waals surface area (Å²) in [6, 6.07) is 23.9. The summed E-state index contributed by atoms with van der Waals surface area (Å²) in [6.07, 6.45) is 0. The lowest BCUT2D eigenvalue weighted by Gasteiger charge is -2.40. The normalized spacial score (nSPS) is 16.1. The van der Waals surface area contributed by atoms with E-state index < -0.39 is 17.9 Å². The van der Waals surface area contributed by atoms with E-state index in [-0.39, 0.29) is 24.8 Å². The summed E-state index contributed by atoms with van der Waals surface area (Å²) in [6.45, 7) is 1.30. The zero-order valence-electron chi connectivity index (χ0n) is 18.6. The van der Waals surface area contributed by atoms with E-state index in [0.29, 0.717) is 18.7 Å². The minimum absolute atomic E-state index is 0.176. The van der Waals surface area contributed by atoms with Crippen molar-refractivity contribution in [2.75, 3.05) is 26.2 Å². The molecule has 6 heteroatoms. The van der Waals surface area contributed by atoms with Gasteiger partial charge in [0.05, 0.1) is 12.5 Å². The highest BCUT2D eigenvalue weighted by molar-refractivity contribution is 5.91. The molecule has 0 aromatic heterocycles. The maximum atomic E-state index is 13.7. The second kappa shape index (κ2) is 10.8.